The molecule has 2 aromatic rings. The fourth-order valence-corrected chi connectivity index (χ4v) is 4.17. The van der Waals surface area contributed by atoms with E-state index >= 15 is 0 Å². The molecular formula is C19H22N2O3S. The fraction of sp³-hybridized carbons (Fsp3) is 0.316. The van der Waals surface area contributed by atoms with Gasteiger partial charge in [0.2, 0.25) is 10.0 Å². The molecule has 0 heterocycles. The minimum absolute atomic E-state index is 0.0158. The Morgan fingerprint density at radius 3 is 2.68 bits per heavy atom. The summed E-state index contributed by atoms with van der Waals surface area (Å²) in [5.41, 5.74) is 2.84. The van der Waals surface area contributed by atoms with Gasteiger partial charge in [-0.3, -0.25) is 4.79 Å². The molecular weight excluding hydrogens is 336 g/mol. The molecule has 132 valence electrons. The fourth-order valence-electron chi connectivity index (χ4n) is 3.39. The van der Waals surface area contributed by atoms with Gasteiger partial charge in [-0.2, -0.15) is 0 Å². The molecule has 0 saturated heterocycles. The standard InChI is InChI=1S/C19H22N2O3S/c1-20-25(23,24)16-10-5-9-15(13-16)19(22)21(2)18-12-6-8-14-7-3-4-11-17(14)18/h3-5,7,9-11,13,18,20H,6,8,12H2,1-2H3/t18-/m0/s1. The monoisotopic (exact) mass is 358 g/mol. The number of benzene rings is 2. The topological polar surface area (TPSA) is 66.5 Å². The highest BCUT2D eigenvalue weighted by Gasteiger charge is 2.27. The predicted octanol–water partition coefficient (Wildman–Crippen LogP) is 2.74. The smallest absolute Gasteiger partial charge is 0.254 e. The van der Waals surface area contributed by atoms with Crippen LogP contribution in [-0.4, -0.2) is 33.3 Å². The van der Waals surface area contributed by atoms with E-state index in [2.05, 4.69) is 16.9 Å². The predicted molar refractivity (Wildman–Crippen MR) is 96.9 cm³/mol. The number of sulfonamides is 1. The Kier molecular flexibility index (Phi) is 4.92. The molecule has 0 fully saturated rings. The summed E-state index contributed by atoms with van der Waals surface area (Å²) in [6.45, 7) is 0. The van der Waals surface area contributed by atoms with Gasteiger partial charge in [-0.15, -0.1) is 0 Å². The third-order valence-electron chi connectivity index (χ3n) is 4.79. The van der Waals surface area contributed by atoms with Gasteiger partial charge < -0.3 is 4.90 Å². The summed E-state index contributed by atoms with van der Waals surface area (Å²) in [4.78, 5) is 14.8. The third kappa shape index (κ3) is 3.45. The lowest BCUT2D eigenvalue weighted by atomic mass is 9.87. The molecule has 0 aromatic heterocycles. The first-order chi connectivity index (χ1) is 11.9. The number of nitrogens with zero attached hydrogens (tertiary/aromatic N) is 1. The highest BCUT2D eigenvalue weighted by Crippen LogP contribution is 2.34. The Bertz CT molecular complexity index is 893. The summed E-state index contributed by atoms with van der Waals surface area (Å²) in [5, 5.41) is 0. The van der Waals surface area contributed by atoms with Gasteiger partial charge in [0.15, 0.2) is 0 Å². The zero-order valence-electron chi connectivity index (χ0n) is 14.4. The molecule has 1 amide bonds. The van der Waals surface area contributed by atoms with Crippen LogP contribution in [0.2, 0.25) is 0 Å². The first kappa shape index (κ1) is 17.6. The van der Waals surface area contributed by atoms with Crippen LogP contribution in [0.1, 0.15) is 40.4 Å². The van der Waals surface area contributed by atoms with Crippen LogP contribution >= 0.6 is 0 Å². The number of amides is 1. The quantitative estimate of drug-likeness (QED) is 0.914. The van der Waals surface area contributed by atoms with E-state index in [0.29, 0.717) is 5.56 Å². The average Bonchev–Trinajstić information content (AvgIpc) is 2.66. The molecule has 0 radical (unpaired) electrons. The number of fused-ring (bicyclic) bond motifs is 1. The van der Waals surface area contributed by atoms with E-state index in [4.69, 9.17) is 0 Å². The van der Waals surface area contributed by atoms with Crippen LogP contribution in [0, 0.1) is 0 Å². The molecule has 0 aliphatic heterocycles. The van der Waals surface area contributed by atoms with Crippen LogP contribution in [0.15, 0.2) is 53.4 Å². The molecule has 5 nitrogen and oxygen atoms in total. The van der Waals surface area contributed by atoms with Crippen molar-refractivity contribution in [1.29, 1.82) is 0 Å². The van der Waals surface area contributed by atoms with E-state index < -0.39 is 10.0 Å². The zero-order chi connectivity index (χ0) is 18.0. The third-order valence-corrected chi connectivity index (χ3v) is 6.20. The lowest BCUT2D eigenvalue weighted by molar-refractivity contribution is 0.0715. The Morgan fingerprint density at radius 2 is 1.92 bits per heavy atom. The second-order valence-corrected chi connectivity index (χ2v) is 8.14. The van der Waals surface area contributed by atoms with Crippen molar-refractivity contribution >= 4 is 15.9 Å². The van der Waals surface area contributed by atoms with Gasteiger partial charge in [-0.25, -0.2) is 13.1 Å². The largest absolute Gasteiger partial charge is 0.335 e. The number of carbonyl (C=O) groups is 1. The molecule has 1 N–H and O–H groups in total. The maximum absolute atomic E-state index is 12.9. The van der Waals surface area contributed by atoms with E-state index in [1.807, 2.05) is 12.1 Å². The van der Waals surface area contributed by atoms with Gasteiger partial charge in [0, 0.05) is 12.6 Å². The molecule has 1 aliphatic carbocycles. The number of hydrogen-bond acceptors (Lipinski definition) is 3. The number of carbonyl (C=O) groups excluding carboxylic acids is 1. The maximum atomic E-state index is 12.9. The van der Waals surface area contributed by atoms with E-state index in [-0.39, 0.29) is 16.8 Å². The van der Waals surface area contributed by atoms with Gasteiger partial charge in [-0.1, -0.05) is 30.3 Å². The highest BCUT2D eigenvalue weighted by atomic mass is 32.2. The van der Waals surface area contributed by atoms with Crippen molar-refractivity contribution in [2.45, 2.75) is 30.2 Å². The molecule has 6 heteroatoms. The summed E-state index contributed by atoms with van der Waals surface area (Å²) >= 11 is 0. The first-order valence-corrected chi connectivity index (χ1v) is 9.81. The summed E-state index contributed by atoms with van der Waals surface area (Å²) in [5.74, 6) is -0.171. The molecule has 25 heavy (non-hydrogen) atoms. The van der Waals surface area contributed by atoms with Crippen LogP contribution in [0.4, 0.5) is 0 Å². The number of hydrogen-bond donors (Lipinski definition) is 1. The van der Waals surface area contributed by atoms with Crippen LogP contribution in [0.5, 0.6) is 0 Å². The highest BCUT2D eigenvalue weighted by molar-refractivity contribution is 7.89. The maximum Gasteiger partial charge on any atom is 0.254 e. The number of aryl methyl sites for hydroxylation is 1. The lowest BCUT2D eigenvalue weighted by Crippen LogP contribution is -2.33. The van der Waals surface area contributed by atoms with Crippen molar-refractivity contribution in [2.75, 3.05) is 14.1 Å². The Morgan fingerprint density at radius 1 is 1.16 bits per heavy atom. The lowest BCUT2D eigenvalue weighted by Gasteiger charge is -2.33. The van der Waals surface area contributed by atoms with Gasteiger partial charge >= 0.3 is 0 Å². The number of rotatable bonds is 4. The molecule has 0 spiro atoms. The first-order valence-electron chi connectivity index (χ1n) is 8.32. The minimum Gasteiger partial charge on any atom is -0.335 e. The van der Waals surface area contributed by atoms with Crippen molar-refractivity contribution in [3.05, 3.63) is 65.2 Å². The van der Waals surface area contributed by atoms with E-state index in [0.717, 1.165) is 19.3 Å². The summed E-state index contributed by atoms with van der Waals surface area (Å²) in [7, 11) is -0.432. The molecule has 1 aliphatic rings. The van der Waals surface area contributed by atoms with E-state index in [1.165, 1.54) is 30.3 Å². The Labute approximate surface area is 148 Å². The zero-order valence-corrected chi connectivity index (χ0v) is 15.2. The molecule has 1 atom stereocenters. The summed E-state index contributed by atoms with van der Waals surface area (Å²) in [6, 6.07) is 14.4. The summed E-state index contributed by atoms with van der Waals surface area (Å²) in [6.07, 6.45) is 2.98. The molecule has 3 rings (SSSR count). The molecule has 0 saturated carbocycles. The van der Waals surface area contributed by atoms with Crippen LogP contribution in [-0.2, 0) is 16.4 Å². The molecule has 0 bridgehead atoms. The van der Waals surface area contributed by atoms with Gasteiger partial charge in [0.1, 0.15) is 0 Å². The normalized spacial score (nSPS) is 17.0. The van der Waals surface area contributed by atoms with Crippen molar-refractivity contribution in [3.8, 4) is 0 Å². The van der Waals surface area contributed by atoms with Crippen LogP contribution in [0.25, 0.3) is 0 Å². The molecule has 0 unspecified atom stereocenters. The van der Waals surface area contributed by atoms with Crippen molar-refractivity contribution in [2.24, 2.45) is 0 Å². The SMILES string of the molecule is CNS(=O)(=O)c1cccc(C(=O)N(C)[C@H]2CCCc3ccccc32)c1. The van der Waals surface area contributed by atoms with Crippen molar-refractivity contribution < 1.29 is 13.2 Å². The van der Waals surface area contributed by atoms with Gasteiger partial charge in [0.25, 0.3) is 5.91 Å². The van der Waals surface area contributed by atoms with Gasteiger partial charge in [0.05, 0.1) is 10.9 Å². The van der Waals surface area contributed by atoms with E-state index in [1.54, 1.807) is 24.1 Å². The minimum atomic E-state index is -3.57. The van der Waals surface area contributed by atoms with Crippen LogP contribution in [0.3, 0.4) is 0 Å². The second-order valence-electron chi connectivity index (χ2n) is 6.26. The summed E-state index contributed by atoms with van der Waals surface area (Å²) < 4.78 is 26.2. The van der Waals surface area contributed by atoms with Crippen molar-refractivity contribution in [1.82, 2.24) is 9.62 Å². The van der Waals surface area contributed by atoms with Crippen molar-refractivity contribution in [3.63, 3.8) is 0 Å². The Balaban J connectivity index is 1.91. The number of nitrogens with one attached hydrogen (secondary N) is 1. The molecule has 2 aromatic carbocycles. The average molecular weight is 358 g/mol. The van der Waals surface area contributed by atoms with Crippen LogP contribution < -0.4 is 4.72 Å². The Hall–Kier alpha value is -2.18. The second kappa shape index (κ2) is 6.98. The van der Waals surface area contributed by atoms with E-state index in [9.17, 15) is 13.2 Å². The van der Waals surface area contributed by atoms with Gasteiger partial charge in [-0.05, 0) is 55.6 Å².